The summed E-state index contributed by atoms with van der Waals surface area (Å²) in [7, 11) is 0. The number of aliphatic hydroxyl groups excluding tert-OH is 1. The van der Waals surface area contributed by atoms with Crippen LogP contribution in [0.1, 0.15) is 12.8 Å². The molecule has 5 nitrogen and oxygen atoms in total. The number of hydrogen-bond acceptors (Lipinski definition) is 4. The molecule has 2 rings (SSSR count). The van der Waals surface area contributed by atoms with Gasteiger partial charge in [-0.1, -0.05) is 15.9 Å². The molecule has 1 unspecified atom stereocenters. The third-order valence-corrected chi connectivity index (χ3v) is 3.07. The SMILES string of the molecule is O=c1[nH]oc2cc(OCCC(O)CCBr)ccc12. The van der Waals surface area contributed by atoms with Crippen molar-refractivity contribution in [3.05, 3.63) is 28.6 Å². The van der Waals surface area contributed by atoms with E-state index < -0.39 is 0 Å². The zero-order chi connectivity index (χ0) is 13.0. The van der Waals surface area contributed by atoms with Gasteiger partial charge in [-0.2, -0.15) is 5.16 Å². The van der Waals surface area contributed by atoms with Crippen LogP contribution in [0.4, 0.5) is 0 Å². The Bertz CT molecular complexity index is 562. The van der Waals surface area contributed by atoms with Crippen molar-refractivity contribution in [2.75, 3.05) is 11.9 Å². The Hall–Kier alpha value is -1.27. The highest BCUT2D eigenvalue weighted by Crippen LogP contribution is 2.18. The van der Waals surface area contributed by atoms with Gasteiger partial charge in [0.2, 0.25) is 0 Å². The topological polar surface area (TPSA) is 75.5 Å². The standard InChI is InChI=1S/C12H14BrNO4/c13-5-3-8(15)4-6-17-9-1-2-10-11(7-9)18-14-12(10)16/h1-2,7-8,15H,3-6H2,(H,14,16). The molecule has 0 saturated heterocycles. The third kappa shape index (κ3) is 3.14. The molecule has 0 aliphatic heterocycles. The van der Waals surface area contributed by atoms with E-state index in [0.717, 1.165) is 5.33 Å². The van der Waals surface area contributed by atoms with E-state index in [0.29, 0.717) is 36.2 Å². The molecule has 0 spiro atoms. The predicted molar refractivity (Wildman–Crippen MR) is 71.4 cm³/mol. The summed E-state index contributed by atoms with van der Waals surface area (Å²) in [5, 5.41) is 13.1. The van der Waals surface area contributed by atoms with E-state index in [4.69, 9.17) is 9.26 Å². The fraction of sp³-hybridized carbons (Fsp3) is 0.417. The summed E-state index contributed by atoms with van der Waals surface area (Å²) in [6.07, 6.45) is 0.911. The van der Waals surface area contributed by atoms with Gasteiger partial charge in [0.1, 0.15) is 5.75 Å². The highest BCUT2D eigenvalue weighted by atomic mass is 79.9. The Morgan fingerprint density at radius 2 is 2.28 bits per heavy atom. The Morgan fingerprint density at radius 1 is 1.44 bits per heavy atom. The first-order chi connectivity index (χ1) is 8.70. The second kappa shape index (κ2) is 6.06. The van der Waals surface area contributed by atoms with Crippen molar-refractivity contribution in [1.29, 1.82) is 0 Å². The fourth-order valence-electron chi connectivity index (χ4n) is 1.60. The molecule has 1 aromatic heterocycles. The fourth-order valence-corrected chi connectivity index (χ4v) is 2.13. The maximum atomic E-state index is 11.2. The number of benzene rings is 1. The van der Waals surface area contributed by atoms with Gasteiger partial charge in [-0.15, -0.1) is 0 Å². The van der Waals surface area contributed by atoms with E-state index in [1.165, 1.54) is 0 Å². The monoisotopic (exact) mass is 315 g/mol. The molecule has 0 saturated carbocycles. The number of rotatable bonds is 6. The van der Waals surface area contributed by atoms with Crippen LogP contribution in [0.5, 0.6) is 5.75 Å². The van der Waals surface area contributed by atoms with Gasteiger partial charge in [0.05, 0.1) is 18.1 Å². The van der Waals surface area contributed by atoms with Crippen molar-refractivity contribution in [3.8, 4) is 5.75 Å². The summed E-state index contributed by atoms with van der Waals surface area (Å²) in [4.78, 5) is 11.2. The lowest BCUT2D eigenvalue weighted by molar-refractivity contribution is 0.137. The number of nitrogens with one attached hydrogen (secondary N) is 1. The van der Waals surface area contributed by atoms with Crippen LogP contribution >= 0.6 is 15.9 Å². The number of aliphatic hydroxyl groups is 1. The molecule has 0 bridgehead atoms. The van der Waals surface area contributed by atoms with Crippen LogP contribution < -0.4 is 10.3 Å². The first-order valence-electron chi connectivity index (χ1n) is 5.69. The van der Waals surface area contributed by atoms with Crippen LogP contribution in [-0.2, 0) is 0 Å². The van der Waals surface area contributed by atoms with Crippen molar-refractivity contribution >= 4 is 26.9 Å². The number of aromatic nitrogens is 1. The van der Waals surface area contributed by atoms with Crippen LogP contribution in [0.15, 0.2) is 27.5 Å². The summed E-state index contributed by atoms with van der Waals surface area (Å²) < 4.78 is 10.5. The van der Waals surface area contributed by atoms with Gasteiger partial charge < -0.3 is 14.4 Å². The van der Waals surface area contributed by atoms with E-state index in [1.807, 2.05) is 0 Å². The summed E-state index contributed by atoms with van der Waals surface area (Å²) in [6, 6.07) is 5.02. The highest BCUT2D eigenvalue weighted by molar-refractivity contribution is 9.09. The molecular formula is C12H14BrNO4. The van der Waals surface area contributed by atoms with Gasteiger partial charge in [-0.25, -0.2) is 0 Å². The molecule has 0 aliphatic rings. The Morgan fingerprint density at radius 3 is 3.06 bits per heavy atom. The van der Waals surface area contributed by atoms with Gasteiger partial charge in [0.25, 0.3) is 5.56 Å². The lowest BCUT2D eigenvalue weighted by Crippen LogP contribution is -2.12. The molecule has 1 atom stereocenters. The molecule has 1 aromatic carbocycles. The molecule has 0 fully saturated rings. The predicted octanol–water partition coefficient (Wildman–Crippen LogP) is 2.04. The van der Waals surface area contributed by atoms with E-state index in [1.54, 1.807) is 18.2 Å². The normalized spacial score (nSPS) is 12.8. The minimum atomic E-state index is -0.363. The molecule has 1 heterocycles. The number of fused-ring (bicyclic) bond motifs is 1. The van der Waals surface area contributed by atoms with Gasteiger partial charge in [-0.3, -0.25) is 4.79 Å². The van der Waals surface area contributed by atoms with Gasteiger partial charge in [0, 0.05) is 17.8 Å². The molecular weight excluding hydrogens is 302 g/mol. The zero-order valence-electron chi connectivity index (χ0n) is 9.69. The highest BCUT2D eigenvalue weighted by Gasteiger charge is 2.06. The molecule has 2 aromatic rings. The van der Waals surface area contributed by atoms with E-state index in [-0.39, 0.29) is 11.7 Å². The number of H-pyrrole nitrogens is 1. The zero-order valence-corrected chi connectivity index (χ0v) is 11.3. The Balaban J connectivity index is 1.94. The quantitative estimate of drug-likeness (QED) is 0.800. The van der Waals surface area contributed by atoms with Gasteiger partial charge >= 0.3 is 0 Å². The summed E-state index contributed by atoms with van der Waals surface area (Å²) in [5.41, 5.74) is 0.225. The number of alkyl halides is 1. The van der Waals surface area contributed by atoms with E-state index >= 15 is 0 Å². The average Bonchev–Trinajstić information content (AvgIpc) is 2.71. The second-order valence-corrected chi connectivity index (χ2v) is 4.75. The number of ether oxygens (including phenoxy) is 1. The molecule has 0 aliphatic carbocycles. The molecule has 18 heavy (non-hydrogen) atoms. The third-order valence-electron chi connectivity index (χ3n) is 2.61. The van der Waals surface area contributed by atoms with Gasteiger partial charge in [0.15, 0.2) is 5.58 Å². The summed E-state index contributed by atoms with van der Waals surface area (Å²) in [5.74, 6) is 0.622. The van der Waals surface area contributed by atoms with E-state index in [2.05, 4.69) is 21.1 Å². The van der Waals surface area contributed by atoms with E-state index in [9.17, 15) is 9.90 Å². The van der Waals surface area contributed by atoms with Crippen molar-refractivity contribution in [1.82, 2.24) is 5.16 Å². The Kier molecular flexibility index (Phi) is 4.43. The summed E-state index contributed by atoms with van der Waals surface area (Å²) in [6.45, 7) is 0.425. The van der Waals surface area contributed by atoms with Crippen molar-refractivity contribution < 1.29 is 14.4 Å². The largest absolute Gasteiger partial charge is 0.493 e. The summed E-state index contributed by atoms with van der Waals surface area (Å²) >= 11 is 3.27. The molecule has 0 amide bonds. The van der Waals surface area contributed by atoms with Crippen LogP contribution in [0, 0.1) is 0 Å². The van der Waals surface area contributed by atoms with Crippen LogP contribution in [0.25, 0.3) is 11.0 Å². The Labute approximate surface area is 112 Å². The van der Waals surface area contributed by atoms with Crippen molar-refractivity contribution in [2.24, 2.45) is 0 Å². The van der Waals surface area contributed by atoms with Crippen LogP contribution in [-0.4, -0.2) is 28.3 Å². The maximum Gasteiger partial charge on any atom is 0.287 e. The van der Waals surface area contributed by atoms with Gasteiger partial charge in [-0.05, 0) is 18.6 Å². The lowest BCUT2D eigenvalue weighted by Gasteiger charge is -2.09. The van der Waals surface area contributed by atoms with Crippen LogP contribution in [0.3, 0.4) is 0 Å². The molecule has 98 valence electrons. The smallest absolute Gasteiger partial charge is 0.287 e. The number of aromatic amines is 1. The molecule has 2 N–H and O–H groups in total. The maximum absolute atomic E-state index is 11.2. The average molecular weight is 316 g/mol. The first kappa shape index (κ1) is 13.2. The van der Waals surface area contributed by atoms with Crippen molar-refractivity contribution in [3.63, 3.8) is 0 Å². The lowest BCUT2D eigenvalue weighted by atomic mass is 10.2. The van der Waals surface area contributed by atoms with Crippen molar-refractivity contribution in [2.45, 2.75) is 18.9 Å². The second-order valence-electron chi connectivity index (χ2n) is 3.96. The molecule has 0 radical (unpaired) electrons. The molecule has 6 heteroatoms. The minimum Gasteiger partial charge on any atom is -0.493 e. The van der Waals surface area contributed by atoms with Crippen LogP contribution in [0.2, 0.25) is 0 Å². The number of hydrogen-bond donors (Lipinski definition) is 2. The minimum absolute atomic E-state index is 0.246. The number of halogens is 1. The first-order valence-corrected chi connectivity index (χ1v) is 6.81.